The minimum absolute atomic E-state index is 0.156. The largest absolute Gasteiger partial charge is 0.318 e. The van der Waals surface area contributed by atoms with Gasteiger partial charge in [0.1, 0.15) is 11.5 Å². The van der Waals surface area contributed by atoms with Gasteiger partial charge in [-0.3, -0.25) is 4.79 Å². The summed E-state index contributed by atoms with van der Waals surface area (Å²) in [6, 6.07) is 9.58. The molecule has 1 aromatic heterocycles. The number of hydrogen-bond donors (Lipinski definition) is 1. The van der Waals surface area contributed by atoms with Gasteiger partial charge in [-0.1, -0.05) is 12.1 Å². The molecule has 0 aliphatic carbocycles. The maximum Gasteiger partial charge on any atom is 0.274 e. The summed E-state index contributed by atoms with van der Waals surface area (Å²) in [6.45, 7) is 3.70. The Labute approximate surface area is 105 Å². The molecule has 1 amide bonds. The summed E-state index contributed by atoms with van der Waals surface area (Å²) in [5.74, 6) is -0.873. The number of benzene rings is 1. The van der Waals surface area contributed by atoms with E-state index in [2.05, 4.69) is 10.3 Å². The number of nitrogens with zero attached hydrogens (tertiary/aromatic N) is 1. The third-order valence-corrected chi connectivity index (χ3v) is 2.45. The Bertz CT molecular complexity index is 576. The molecule has 0 atom stereocenters. The molecular weight excluding hydrogens is 231 g/mol. The second kappa shape index (κ2) is 4.96. The predicted molar refractivity (Wildman–Crippen MR) is 68.1 cm³/mol. The molecule has 0 aliphatic rings. The van der Waals surface area contributed by atoms with Gasteiger partial charge in [-0.15, -0.1) is 0 Å². The fourth-order valence-corrected chi connectivity index (χ4v) is 1.71. The van der Waals surface area contributed by atoms with Crippen LogP contribution in [0.15, 0.2) is 36.4 Å². The zero-order chi connectivity index (χ0) is 13.1. The van der Waals surface area contributed by atoms with Crippen molar-refractivity contribution < 1.29 is 9.18 Å². The minimum atomic E-state index is -0.463. The maximum atomic E-state index is 13.4. The van der Waals surface area contributed by atoms with Crippen molar-refractivity contribution in [3.8, 4) is 0 Å². The fourth-order valence-electron chi connectivity index (χ4n) is 1.71. The average molecular weight is 244 g/mol. The van der Waals surface area contributed by atoms with E-state index in [4.69, 9.17) is 0 Å². The molecule has 1 N–H and O–H groups in total. The smallest absolute Gasteiger partial charge is 0.274 e. The lowest BCUT2D eigenvalue weighted by atomic mass is 10.2. The number of pyridine rings is 1. The van der Waals surface area contributed by atoms with E-state index in [-0.39, 0.29) is 11.4 Å². The van der Waals surface area contributed by atoms with Crippen molar-refractivity contribution in [2.45, 2.75) is 13.8 Å². The average Bonchev–Trinajstić information content (AvgIpc) is 2.31. The lowest BCUT2D eigenvalue weighted by Crippen LogP contribution is -2.15. The highest BCUT2D eigenvalue weighted by Crippen LogP contribution is 2.14. The lowest BCUT2D eigenvalue weighted by Gasteiger charge is -2.07. The first-order valence-corrected chi connectivity index (χ1v) is 5.57. The number of aromatic nitrogens is 1. The first-order chi connectivity index (χ1) is 8.56. The number of rotatable bonds is 2. The maximum absolute atomic E-state index is 13.4. The number of carbonyl (C=O) groups is 1. The van der Waals surface area contributed by atoms with Crippen molar-refractivity contribution in [2.24, 2.45) is 0 Å². The SMILES string of the molecule is Cc1cc(C)nc(C(=O)Nc2ccccc2F)c1. The molecule has 2 rings (SSSR count). The van der Waals surface area contributed by atoms with Crippen LogP contribution in [-0.4, -0.2) is 10.9 Å². The van der Waals surface area contributed by atoms with Gasteiger partial charge >= 0.3 is 0 Å². The first kappa shape index (κ1) is 12.2. The van der Waals surface area contributed by atoms with Crippen molar-refractivity contribution in [3.63, 3.8) is 0 Å². The lowest BCUT2D eigenvalue weighted by molar-refractivity contribution is 0.102. The number of hydrogen-bond acceptors (Lipinski definition) is 2. The van der Waals surface area contributed by atoms with Crippen LogP contribution in [0.5, 0.6) is 0 Å². The molecule has 18 heavy (non-hydrogen) atoms. The van der Waals surface area contributed by atoms with Crippen LogP contribution in [0.4, 0.5) is 10.1 Å². The highest BCUT2D eigenvalue weighted by molar-refractivity contribution is 6.03. The van der Waals surface area contributed by atoms with E-state index in [1.165, 1.54) is 12.1 Å². The molecule has 0 bridgehead atoms. The Morgan fingerprint density at radius 1 is 1.22 bits per heavy atom. The molecule has 0 radical (unpaired) electrons. The summed E-state index contributed by atoms with van der Waals surface area (Å²) >= 11 is 0. The van der Waals surface area contributed by atoms with Gasteiger partial charge in [-0.25, -0.2) is 9.37 Å². The summed E-state index contributed by atoms with van der Waals surface area (Å²) < 4.78 is 13.4. The van der Waals surface area contributed by atoms with E-state index >= 15 is 0 Å². The van der Waals surface area contributed by atoms with Crippen molar-refractivity contribution in [1.29, 1.82) is 0 Å². The van der Waals surface area contributed by atoms with Gasteiger partial charge < -0.3 is 5.32 Å². The fraction of sp³-hybridized carbons (Fsp3) is 0.143. The number of anilines is 1. The molecule has 3 nitrogen and oxygen atoms in total. The van der Waals surface area contributed by atoms with Gasteiger partial charge in [0.05, 0.1) is 5.69 Å². The number of halogens is 1. The van der Waals surface area contributed by atoms with Crippen LogP contribution in [-0.2, 0) is 0 Å². The number of aryl methyl sites for hydroxylation is 2. The second-order valence-corrected chi connectivity index (χ2v) is 4.11. The predicted octanol–water partition coefficient (Wildman–Crippen LogP) is 3.09. The molecule has 0 saturated carbocycles. The van der Waals surface area contributed by atoms with Gasteiger partial charge in [0, 0.05) is 5.69 Å². The summed E-state index contributed by atoms with van der Waals surface area (Å²) in [5.41, 5.74) is 2.15. The van der Waals surface area contributed by atoms with E-state index < -0.39 is 11.7 Å². The second-order valence-electron chi connectivity index (χ2n) is 4.11. The zero-order valence-electron chi connectivity index (χ0n) is 10.2. The molecule has 1 aromatic carbocycles. The normalized spacial score (nSPS) is 10.2. The molecule has 0 saturated heterocycles. The summed E-state index contributed by atoms with van der Waals surface area (Å²) in [7, 11) is 0. The van der Waals surface area contributed by atoms with Crippen molar-refractivity contribution >= 4 is 11.6 Å². The van der Waals surface area contributed by atoms with Crippen LogP contribution in [0, 0.1) is 19.7 Å². The van der Waals surface area contributed by atoms with Crippen LogP contribution in [0.2, 0.25) is 0 Å². The quantitative estimate of drug-likeness (QED) is 0.882. The third-order valence-electron chi connectivity index (χ3n) is 2.45. The monoisotopic (exact) mass is 244 g/mol. The number of para-hydroxylation sites is 1. The first-order valence-electron chi connectivity index (χ1n) is 5.57. The van der Waals surface area contributed by atoms with E-state index in [9.17, 15) is 9.18 Å². The number of nitrogens with one attached hydrogen (secondary N) is 1. The standard InChI is InChI=1S/C14H13FN2O/c1-9-7-10(2)16-13(8-9)14(18)17-12-6-4-3-5-11(12)15/h3-8H,1-2H3,(H,17,18). The topological polar surface area (TPSA) is 42.0 Å². The van der Waals surface area contributed by atoms with E-state index in [1.807, 2.05) is 19.9 Å². The van der Waals surface area contributed by atoms with Crippen LogP contribution >= 0.6 is 0 Å². The van der Waals surface area contributed by atoms with Gasteiger partial charge in [-0.05, 0) is 43.7 Å². The molecule has 1 heterocycles. The van der Waals surface area contributed by atoms with E-state index in [0.717, 1.165) is 11.3 Å². The van der Waals surface area contributed by atoms with Gasteiger partial charge in [-0.2, -0.15) is 0 Å². The Morgan fingerprint density at radius 2 is 1.94 bits per heavy atom. The van der Waals surface area contributed by atoms with Crippen LogP contribution < -0.4 is 5.32 Å². The van der Waals surface area contributed by atoms with E-state index in [0.29, 0.717) is 0 Å². The zero-order valence-corrected chi connectivity index (χ0v) is 10.2. The van der Waals surface area contributed by atoms with Crippen LogP contribution in [0.25, 0.3) is 0 Å². The van der Waals surface area contributed by atoms with Crippen LogP contribution in [0.1, 0.15) is 21.7 Å². The van der Waals surface area contributed by atoms with Crippen molar-refractivity contribution in [2.75, 3.05) is 5.32 Å². The summed E-state index contributed by atoms with van der Waals surface area (Å²) in [5, 5.41) is 2.50. The minimum Gasteiger partial charge on any atom is -0.318 e. The molecule has 0 fully saturated rings. The molecule has 4 heteroatoms. The third kappa shape index (κ3) is 2.71. The molecular formula is C14H13FN2O. The molecule has 92 valence electrons. The Morgan fingerprint density at radius 3 is 2.61 bits per heavy atom. The highest BCUT2D eigenvalue weighted by Gasteiger charge is 2.10. The van der Waals surface area contributed by atoms with Gasteiger partial charge in [0.2, 0.25) is 0 Å². The molecule has 0 unspecified atom stereocenters. The van der Waals surface area contributed by atoms with Crippen LogP contribution in [0.3, 0.4) is 0 Å². The van der Waals surface area contributed by atoms with E-state index in [1.54, 1.807) is 18.2 Å². The molecule has 0 aliphatic heterocycles. The van der Waals surface area contributed by atoms with Crippen molar-refractivity contribution in [3.05, 3.63) is 59.2 Å². The molecule has 2 aromatic rings. The van der Waals surface area contributed by atoms with Gasteiger partial charge in [0.25, 0.3) is 5.91 Å². The Balaban J connectivity index is 2.25. The Hall–Kier alpha value is -2.23. The number of amides is 1. The highest BCUT2D eigenvalue weighted by atomic mass is 19.1. The van der Waals surface area contributed by atoms with Gasteiger partial charge in [0.15, 0.2) is 0 Å². The number of carbonyl (C=O) groups excluding carboxylic acids is 1. The van der Waals surface area contributed by atoms with Crippen molar-refractivity contribution in [1.82, 2.24) is 4.98 Å². The Kier molecular flexibility index (Phi) is 3.37. The molecule has 0 spiro atoms. The summed E-state index contributed by atoms with van der Waals surface area (Å²) in [4.78, 5) is 16.1. The summed E-state index contributed by atoms with van der Waals surface area (Å²) in [6.07, 6.45) is 0.